The molecule has 2 aliphatic rings. The number of nitrogens with zero attached hydrogens (tertiary/aromatic N) is 1. The lowest BCUT2D eigenvalue weighted by atomic mass is 10.0. The molecule has 0 aliphatic carbocycles. The second kappa shape index (κ2) is 2.48. The number of hydrogen-bond donors (Lipinski definition) is 2. The fraction of sp³-hybridized carbons (Fsp3) is 0.500. The first-order valence-electron chi connectivity index (χ1n) is 4.15. The van der Waals surface area contributed by atoms with Gasteiger partial charge < -0.3 is 15.8 Å². The van der Waals surface area contributed by atoms with E-state index < -0.39 is 0 Å². The highest BCUT2D eigenvalue weighted by atomic mass is 16.6. The van der Waals surface area contributed by atoms with E-state index in [-0.39, 0.29) is 18.1 Å². The van der Waals surface area contributed by atoms with E-state index in [4.69, 9.17) is 10.5 Å². The van der Waals surface area contributed by atoms with Crippen molar-refractivity contribution in [3.63, 3.8) is 0 Å². The molecule has 0 spiro atoms. The number of nitrogens with one attached hydrogen (secondary N) is 1. The number of ether oxygens (including phenoxy) is 1. The number of aliphatic imine (C=N–C) groups is 1. The van der Waals surface area contributed by atoms with Gasteiger partial charge in [0.05, 0.1) is 11.5 Å². The maximum absolute atomic E-state index is 11.2. The quantitative estimate of drug-likeness (QED) is 0.503. The lowest BCUT2D eigenvalue weighted by Gasteiger charge is -2.18. The Morgan fingerprint density at radius 3 is 2.92 bits per heavy atom. The number of amidine groups is 1. The van der Waals surface area contributed by atoms with Crippen molar-refractivity contribution in [2.45, 2.75) is 20.0 Å². The highest BCUT2D eigenvalue weighted by Gasteiger charge is 2.37. The molecule has 0 radical (unpaired) electrons. The summed E-state index contributed by atoms with van der Waals surface area (Å²) in [6.07, 6.45) is -0.128. The minimum atomic E-state index is -0.307. The normalized spacial score (nSPS) is 32.2. The molecular formula is C8H11N3O2. The zero-order chi connectivity index (χ0) is 9.59. The smallest absolute Gasteiger partial charge is 0.320 e. The summed E-state index contributed by atoms with van der Waals surface area (Å²) in [4.78, 5) is 15.3. The summed E-state index contributed by atoms with van der Waals surface area (Å²) in [5.41, 5.74) is 6.37. The van der Waals surface area contributed by atoms with Gasteiger partial charge in [-0.25, -0.2) is 4.99 Å². The molecule has 2 rings (SSSR count). The Hall–Kier alpha value is -1.52. The molecule has 2 atom stereocenters. The van der Waals surface area contributed by atoms with Crippen molar-refractivity contribution in [2.24, 2.45) is 16.6 Å². The van der Waals surface area contributed by atoms with E-state index in [1.807, 2.05) is 6.92 Å². The second-order valence-corrected chi connectivity index (χ2v) is 3.22. The van der Waals surface area contributed by atoms with E-state index in [1.54, 1.807) is 6.92 Å². The van der Waals surface area contributed by atoms with Gasteiger partial charge in [-0.1, -0.05) is 0 Å². The van der Waals surface area contributed by atoms with Crippen molar-refractivity contribution in [1.29, 1.82) is 0 Å². The maximum atomic E-state index is 11.2. The first-order chi connectivity index (χ1) is 6.09. The SMILES string of the molecule is CC1N=C(N)C2=C(N1)OC(=O)C2C. The van der Waals surface area contributed by atoms with E-state index in [9.17, 15) is 4.79 Å². The zero-order valence-electron chi connectivity index (χ0n) is 7.50. The van der Waals surface area contributed by atoms with Gasteiger partial charge in [0.25, 0.3) is 0 Å². The standard InChI is InChI=1S/C8H11N3O2/c1-3-5-6(9)10-4(2)11-7(5)13-8(3)12/h3-4,11H,1-2H3,(H2,9,10). The molecule has 0 saturated carbocycles. The average Bonchev–Trinajstić information content (AvgIpc) is 2.27. The van der Waals surface area contributed by atoms with Crippen LogP contribution in [0, 0.1) is 5.92 Å². The van der Waals surface area contributed by atoms with Gasteiger partial charge in [-0.3, -0.25) is 4.79 Å². The molecule has 0 aromatic carbocycles. The van der Waals surface area contributed by atoms with Gasteiger partial charge in [0.1, 0.15) is 12.0 Å². The van der Waals surface area contributed by atoms with Crippen LogP contribution in [0.2, 0.25) is 0 Å². The molecule has 2 aliphatic heterocycles. The highest BCUT2D eigenvalue weighted by molar-refractivity contribution is 6.04. The largest absolute Gasteiger partial charge is 0.409 e. The Kier molecular flexibility index (Phi) is 1.55. The van der Waals surface area contributed by atoms with Crippen molar-refractivity contribution < 1.29 is 9.53 Å². The fourth-order valence-corrected chi connectivity index (χ4v) is 1.50. The Morgan fingerprint density at radius 1 is 1.54 bits per heavy atom. The molecule has 0 amide bonds. The minimum absolute atomic E-state index is 0.128. The van der Waals surface area contributed by atoms with Crippen LogP contribution in [0.1, 0.15) is 13.8 Å². The van der Waals surface area contributed by atoms with Crippen LogP contribution in [-0.2, 0) is 9.53 Å². The first-order valence-corrected chi connectivity index (χ1v) is 4.15. The van der Waals surface area contributed by atoms with Crippen molar-refractivity contribution in [3.8, 4) is 0 Å². The lowest BCUT2D eigenvalue weighted by Crippen LogP contribution is -2.34. The van der Waals surface area contributed by atoms with Gasteiger partial charge in [0.2, 0.25) is 5.88 Å². The maximum Gasteiger partial charge on any atom is 0.320 e. The molecule has 13 heavy (non-hydrogen) atoms. The summed E-state index contributed by atoms with van der Waals surface area (Å²) in [6, 6.07) is 0. The van der Waals surface area contributed by atoms with Crippen LogP contribution >= 0.6 is 0 Å². The fourth-order valence-electron chi connectivity index (χ4n) is 1.50. The van der Waals surface area contributed by atoms with Gasteiger partial charge in [0.15, 0.2) is 0 Å². The molecule has 70 valence electrons. The Balaban J connectivity index is 2.39. The van der Waals surface area contributed by atoms with Crippen molar-refractivity contribution in [3.05, 3.63) is 11.5 Å². The van der Waals surface area contributed by atoms with E-state index >= 15 is 0 Å². The Bertz CT molecular complexity index is 332. The number of carbonyl (C=O) groups is 1. The molecule has 0 bridgehead atoms. The van der Waals surface area contributed by atoms with Gasteiger partial charge in [-0.15, -0.1) is 0 Å². The topological polar surface area (TPSA) is 76.7 Å². The molecule has 2 unspecified atom stereocenters. The molecule has 5 nitrogen and oxygen atoms in total. The molecule has 5 heteroatoms. The molecule has 0 aromatic heterocycles. The summed E-state index contributed by atoms with van der Waals surface area (Å²) in [7, 11) is 0. The van der Waals surface area contributed by atoms with E-state index in [0.717, 1.165) is 0 Å². The molecule has 2 heterocycles. The lowest BCUT2D eigenvalue weighted by molar-refractivity contribution is -0.140. The Labute approximate surface area is 75.7 Å². The highest BCUT2D eigenvalue weighted by Crippen LogP contribution is 2.27. The number of carbonyl (C=O) groups excluding carboxylic acids is 1. The number of hydrogen-bond acceptors (Lipinski definition) is 5. The predicted octanol–water partition coefficient (Wildman–Crippen LogP) is -0.303. The van der Waals surface area contributed by atoms with Crippen molar-refractivity contribution in [1.82, 2.24) is 5.32 Å². The average molecular weight is 181 g/mol. The molecule has 0 aromatic rings. The van der Waals surface area contributed by atoms with Crippen molar-refractivity contribution in [2.75, 3.05) is 0 Å². The summed E-state index contributed by atoms with van der Waals surface area (Å²) in [6.45, 7) is 3.60. The van der Waals surface area contributed by atoms with Crippen LogP contribution in [0.15, 0.2) is 16.4 Å². The second-order valence-electron chi connectivity index (χ2n) is 3.22. The number of nitrogens with two attached hydrogens (primary N) is 1. The van der Waals surface area contributed by atoms with Crippen LogP contribution in [0.25, 0.3) is 0 Å². The van der Waals surface area contributed by atoms with Gasteiger partial charge in [-0.05, 0) is 13.8 Å². The monoisotopic (exact) mass is 181 g/mol. The third-order valence-corrected chi connectivity index (χ3v) is 2.18. The summed E-state index contributed by atoms with van der Waals surface area (Å²) >= 11 is 0. The van der Waals surface area contributed by atoms with E-state index in [0.29, 0.717) is 17.3 Å². The third-order valence-electron chi connectivity index (χ3n) is 2.18. The van der Waals surface area contributed by atoms with Crippen LogP contribution < -0.4 is 11.1 Å². The van der Waals surface area contributed by atoms with Crippen LogP contribution in [-0.4, -0.2) is 18.0 Å². The molecule has 3 N–H and O–H groups in total. The van der Waals surface area contributed by atoms with E-state index in [2.05, 4.69) is 10.3 Å². The van der Waals surface area contributed by atoms with Crippen LogP contribution in [0.4, 0.5) is 0 Å². The van der Waals surface area contributed by atoms with Gasteiger partial charge >= 0.3 is 5.97 Å². The van der Waals surface area contributed by atoms with Crippen LogP contribution in [0.3, 0.4) is 0 Å². The molecular weight excluding hydrogens is 170 g/mol. The van der Waals surface area contributed by atoms with E-state index in [1.165, 1.54) is 0 Å². The summed E-state index contributed by atoms with van der Waals surface area (Å²) in [5, 5.41) is 2.94. The minimum Gasteiger partial charge on any atom is -0.409 e. The summed E-state index contributed by atoms with van der Waals surface area (Å²) < 4.78 is 4.99. The first kappa shape index (κ1) is 8.10. The molecule has 0 fully saturated rings. The Morgan fingerprint density at radius 2 is 2.23 bits per heavy atom. The number of esters is 1. The van der Waals surface area contributed by atoms with Crippen molar-refractivity contribution >= 4 is 11.8 Å². The number of rotatable bonds is 0. The third kappa shape index (κ3) is 1.07. The predicted molar refractivity (Wildman–Crippen MR) is 46.5 cm³/mol. The van der Waals surface area contributed by atoms with Crippen LogP contribution in [0.5, 0.6) is 0 Å². The zero-order valence-corrected chi connectivity index (χ0v) is 7.50. The molecule has 0 saturated heterocycles. The summed E-state index contributed by atoms with van der Waals surface area (Å²) in [5.74, 6) is 0.292. The van der Waals surface area contributed by atoms with Gasteiger partial charge in [0, 0.05) is 0 Å². The van der Waals surface area contributed by atoms with Gasteiger partial charge in [-0.2, -0.15) is 0 Å².